The van der Waals surface area contributed by atoms with Gasteiger partial charge in [0.25, 0.3) is 0 Å². The van der Waals surface area contributed by atoms with Gasteiger partial charge in [-0.3, -0.25) is 0 Å². The molecule has 0 aliphatic carbocycles. The van der Waals surface area contributed by atoms with Crippen molar-refractivity contribution in [1.29, 1.82) is 0 Å². The second kappa shape index (κ2) is 5.61. The average molecular weight is 184 g/mol. The van der Waals surface area contributed by atoms with Gasteiger partial charge in [-0.1, -0.05) is 13.8 Å². The van der Waals surface area contributed by atoms with Gasteiger partial charge in [-0.15, -0.1) is 0 Å². The topological polar surface area (TPSA) is 15.3 Å². The Hall–Kier alpha value is -0.0800. The number of piperidine rings is 1. The molecule has 78 valence electrons. The fourth-order valence-corrected chi connectivity index (χ4v) is 1.85. The molecule has 1 rings (SSSR count). The fourth-order valence-electron chi connectivity index (χ4n) is 1.85. The molecular formula is C11H24N2. The summed E-state index contributed by atoms with van der Waals surface area (Å²) in [6.45, 7) is 8.26. The summed E-state index contributed by atoms with van der Waals surface area (Å²) < 4.78 is 0. The minimum Gasteiger partial charge on any atom is -0.315 e. The Morgan fingerprint density at radius 2 is 2.23 bits per heavy atom. The molecule has 0 aromatic heterocycles. The van der Waals surface area contributed by atoms with Gasteiger partial charge >= 0.3 is 0 Å². The summed E-state index contributed by atoms with van der Waals surface area (Å²) in [6.07, 6.45) is 4.05. The highest BCUT2D eigenvalue weighted by Crippen LogP contribution is 2.10. The molecule has 0 radical (unpaired) electrons. The van der Waals surface area contributed by atoms with E-state index in [1.54, 1.807) is 0 Å². The van der Waals surface area contributed by atoms with Crippen LogP contribution in [0.2, 0.25) is 0 Å². The molecule has 2 nitrogen and oxygen atoms in total. The van der Waals surface area contributed by atoms with Crippen molar-refractivity contribution in [2.75, 3.05) is 26.7 Å². The average Bonchev–Trinajstić information content (AvgIpc) is 2.15. The van der Waals surface area contributed by atoms with Crippen molar-refractivity contribution in [3.63, 3.8) is 0 Å². The molecule has 1 atom stereocenters. The molecule has 13 heavy (non-hydrogen) atoms. The lowest BCUT2D eigenvalue weighted by Gasteiger charge is -2.32. The predicted molar refractivity (Wildman–Crippen MR) is 58.0 cm³/mol. The number of hydrogen-bond acceptors (Lipinski definition) is 2. The standard InChI is InChI=1S/C11H24N2/c1-10(2)6-8-13(3)11-5-4-7-12-9-11/h10-12H,4-9H2,1-3H3. The third-order valence-corrected chi connectivity index (χ3v) is 2.95. The summed E-state index contributed by atoms with van der Waals surface area (Å²) in [7, 11) is 2.26. The van der Waals surface area contributed by atoms with Crippen molar-refractivity contribution in [2.24, 2.45) is 5.92 Å². The van der Waals surface area contributed by atoms with Crippen molar-refractivity contribution in [1.82, 2.24) is 10.2 Å². The highest BCUT2D eigenvalue weighted by Gasteiger charge is 2.16. The van der Waals surface area contributed by atoms with Crippen LogP contribution in [0.4, 0.5) is 0 Å². The summed E-state index contributed by atoms with van der Waals surface area (Å²) in [6, 6.07) is 0.785. The minimum atomic E-state index is 0.785. The lowest BCUT2D eigenvalue weighted by molar-refractivity contribution is 0.194. The molecule has 2 heteroatoms. The van der Waals surface area contributed by atoms with Gasteiger partial charge in [0, 0.05) is 12.6 Å². The maximum atomic E-state index is 3.46. The maximum Gasteiger partial charge on any atom is 0.0218 e. The molecule has 0 saturated carbocycles. The van der Waals surface area contributed by atoms with E-state index in [0.717, 1.165) is 12.0 Å². The highest BCUT2D eigenvalue weighted by atomic mass is 15.2. The van der Waals surface area contributed by atoms with Crippen molar-refractivity contribution < 1.29 is 0 Å². The van der Waals surface area contributed by atoms with Gasteiger partial charge in [0.05, 0.1) is 0 Å². The Labute approximate surface area is 82.7 Å². The van der Waals surface area contributed by atoms with Crippen LogP contribution in [0.15, 0.2) is 0 Å². The summed E-state index contributed by atoms with van der Waals surface area (Å²) in [4.78, 5) is 2.52. The molecular weight excluding hydrogens is 160 g/mol. The molecule has 0 amide bonds. The van der Waals surface area contributed by atoms with E-state index in [1.807, 2.05) is 0 Å². The van der Waals surface area contributed by atoms with Gasteiger partial charge in [0.15, 0.2) is 0 Å². The van der Waals surface area contributed by atoms with Crippen LogP contribution in [0.25, 0.3) is 0 Å². The first kappa shape index (κ1) is 11.0. The molecule has 0 aromatic carbocycles. The van der Waals surface area contributed by atoms with E-state index in [1.165, 1.54) is 38.9 Å². The van der Waals surface area contributed by atoms with Gasteiger partial charge < -0.3 is 10.2 Å². The van der Waals surface area contributed by atoms with Crippen molar-refractivity contribution in [2.45, 2.75) is 39.2 Å². The normalized spacial score (nSPS) is 24.2. The number of likely N-dealkylation sites (N-methyl/N-ethyl adjacent to an activating group) is 1. The van der Waals surface area contributed by atoms with Crippen LogP contribution >= 0.6 is 0 Å². The Morgan fingerprint density at radius 1 is 1.46 bits per heavy atom. The van der Waals surface area contributed by atoms with E-state index in [4.69, 9.17) is 0 Å². The molecule has 1 fully saturated rings. The molecule has 1 unspecified atom stereocenters. The van der Waals surface area contributed by atoms with E-state index in [9.17, 15) is 0 Å². The molecule has 1 aliphatic rings. The van der Waals surface area contributed by atoms with Gasteiger partial charge in [0.2, 0.25) is 0 Å². The van der Waals surface area contributed by atoms with E-state index in [2.05, 4.69) is 31.1 Å². The summed E-state index contributed by atoms with van der Waals surface area (Å²) in [5, 5.41) is 3.46. The molecule has 0 bridgehead atoms. The SMILES string of the molecule is CC(C)CCN(C)C1CCCNC1. The Kier molecular flexibility index (Phi) is 4.74. The molecule has 0 spiro atoms. The molecule has 1 heterocycles. The zero-order chi connectivity index (χ0) is 9.68. The first-order valence-corrected chi connectivity index (χ1v) is 5.61. The third kappa shape index (κ3) is 4.10. The van der Waals surface area contributed by atoms with Crippen molar-refractivity contribution >= 4 is 0 Å². The Morgan fingerprint density at radius 3 is 2.77 bits per heavy atom. The lowest BCUT2D eigenvalue weighted by atomic mass is 10.0. The van der Waals surface area contributed by atoms with Gasteiger partial charge in [-0.2, -0.15) is 0 Å². The molecule has 1 N–H and O–H groups in total. The summed E-state index contributed by atoms with van der Waals surface area (Å²) >= 11 is 0. The van der Waals surface area contributed by atoms with Crippen LogP contribution in [0.1, 0.15) is 33.1 Å². The zero-order valence-electron chi connectivity index (χ0n) is 9.34. The van der Waals surface area contributed by atoms with Crippen LogP contribution in [0, 0.1) is 5.92 Å². The second-order valence-electron chi connectivity index (χ2n) is 4.66. The summed E-state index contributed by atoms with van der Waals surface area (Å²) in [5.74, 6) is 0.832. The Bertz CT molecular complexity index is 128. The number of nitrogens with zero attached hydrogens (tertiary/aromatic N) is 1. The van der Waals surface area contributed by atoms with Crippen molar-refractivity contribution in [3.8, 4) is 0 Å². The fraction of sp³-hybridized carbons (Fsp3) is 1.00. The van der Waals surface area contributed by atoms with Crippen LogP contribution in [0.3, 0.4) is 0 Å². The molecule has 0 aromatic rings. The predicted octanol–water partition coefficient (Wildman–Crippen LogP) is 1.72. The van der Waals surface area contributed by atoms with E-state index < -0.39 is 0 Å². The maximum absolute atomic E-state index is 3.46. The molecule has 1 aliphatic heterocycles. The Balaban J connectivity index is 2.17. The third-order valence-electron chi connectivity index (χ3n) is 2.95. The summed E-state index contributed by atoms with van der Waals surface area (Å²) in [5.41, 5.74) is 0. The molecule has 1 saturated heterocycles. The van der Waals surface area contributed by atoms with Gasteiger partial charge in [0.1, 0.15) is 0 Å². The van der Waals surface area contributed by atoms with Crippen LogP contribution in [-0.2, 0) is 0 Å². The van der Waals surface area contributed by atoms with Gasteiger partial charge in [-0.05, 0) is 45.3 Å². The lowest BCUT2D eigenvalue weighted by Crippen LogP contribution is -2.44. The first-order chi connectivity index (χ1) is 6.20. The second-order valence-corrected chi connectivity index (χ2v) is 4.66. The van der Waals surface area contributed by atoms with Gasteiger partial charge in [-0.25, -0.2) is 0 Å². The quantitative estimate of drug-likeness (QED) is 0.715. The number of nitrogens with one attached hydrogen (secondary N) is 1. The first-order valence-electron chi connectivity index (χ1n) is 5.61. The largest absolute Gasteiger partial charge is 0.315 e. The number of hydrogen-bond donors (Lipinski definition) is 1. The highest BCUT2D eigenvalue weighted by molar-refractivity contribution is 4.76. The van der Waals surface area contributed by atoms with Crippen LogP contribution in [-0.4, -0.2) is 37.6 Å². The number of rotatable bonds is 4. The van der Waals surface area contributed by atoms with Crippen LogP contribution in [0.5, 0.6) is 0 Å². The van der Waals surface area contributed by atoms with Crippen molar-refractivity contribution in [3.05, 3.63) is 0 Å². The smallest absolute Gasteiger partial charge is 0.0218 e. The van der Waals surface area contributed by atoms with Crippen LogP contribution < -0.4 is 5.32 Å². The van der Waals surface area contributed by atoms with E-state index in [-0.39, 0.29) is 0 Å². The monoisotopic (exact) mass is 184 g/mol. The minimum absolute atomic E-state index is 0.785. The van der Waals surface area contributed by atoms with E-state index >= 15 is 0 Å². The zero-order valence-corrected chi connectivity index (χ0v) is 9.34. The van der Waals surface area contributed by atoms with E-state index in [0.29, 0.717) is 0 Å².